The maximum Gasteiger partial charge on any atom is 0.155 e. The van der Waals surface area contributed by atoms with E-state index in [1.165, 1.54) is 157 Å². The first-order valence-corrected chi connectivity index (χ1v) is 42.4. The summed E-state index contributed by atoms with van der Waals surface area (Å²) in [6.45, 7) is 64.7. The number of nitrogens with zero attached hydrogens (tertiary/aromatic N) is 3. The van der Waals surface area contributed by atoms with Crippen molar-refractivity contribution >= 4 is 82.0 Å². The Morgan fingerprint density at radius 1 is 0.336 bits per heavy atom. The van der Waals surface area contributed by atoms with Crippen LogP contribution >= 0.6 is 34.0 Å². The van der Waals surface area contributed by atoms with E-state index in [1.807, 2.05) is 0 Å². The molecule has 119 heavy (non-hydrogen) atoms. The Kier molecular flexibility index (Phi) is 37.3. The molecule has 0 bridgehead atoms. The number of pyridine rings is 3. The van der Waals surface area contributed by atoms with E-state index in [2.05, 4.69) is 337 Å². The van der Waals surface area contributed by atoms with Crippen molar-refractivity contribution in [2.45, 2.75) is 253 Å². The van der Waals surface area contributed by atoms with E-state index < -0.39 is 0 Å². The van der Waals surface area contributed by atoms with Gasteiger partial charge in [-0.1, -0.05) is 238 Å². The van der Waals surface area contributed by atoms with E-state index in [1.54, 1.807) is 34.0 Å². The molecule has 3 N–H and O–H groups in total. The Labute approximate surface area is 764 Å². The molecule has 0 aliphatic carbocycles. The van der Waals surface area contributed by atoms with Crippen LogP contribution in [0.2, 0.25) is 0 Å². The minimum atomic E-state index is -0.125. The van der Waals surface area contributed by atoms with Gasteiger partial charge in [0, 0.05) is 109 Å². The Bertz CT molecular complexity index is 5500. The van der Waals surface area contributed by atoms with Gasteiger partial charge >= 0.3 is 0 Å². The fourth-order valence-corrected chi connectivity index (χ4v) is 16.1. The third kappa shape index (κ3) is 30.7. The molecule has 12 rings (SSSR count). The van der Waals surface area contributed by atoms with Crippen molar-refractivity contribution in [3.05, 3.63) is 266 Å². The third-order valence-electron chi connectivity index (χ3n) is 19.3. The monoisotopic (exact) mass is 2190 g/mol. The van der Waals surface area contributed by atoms with Crippen molar-refractivity contribution in [3.8, 4) is 65.1 Å². The van der Waals surface area contributed by atoms with Crippen LogP contribution in [0.15, 0.2) is 181 Å². The second-order valence-electron chi connectivity index (χ2n) is 37.3. The number of aliphatic hydroxyl groups excluding tert-OH is 3. The number of rotatable bonds is 10. The molecule has 0 saturated carbocycles. The molecule has 6 aromatic heterocycles. The van der Waals surface area contributed by atoms with E-state index in [0.29, 0.717) is 5.92 Å². The summed E-state index contributed by atoms with van der Waals surface area (Å²) >= 11 is 5.34. The minimum Gasteiger partial charge on any atom is -0.512 e. The topological polar surface area (TPSA) is 151 Å². The summed E-state index contributed by atoms with van der Waals surface area (Å²) in [5.74, 6) is 0.367. The van der Waals surface area contributed by atoms with Gasteiger partial charge in [0.1, 0.15) is 14.5 Å². The number of hydrogen-bond acceptors (Lipinski definition) is 12. The van der Waals surface area contributed by atoms with Gasteiger partial charge in [-0.05, 0) is 191 Å². The quantitative estimate of drug-likeness (QED) is 0.0691. The summed E-state index contributed by atoms with van der Waals surface area (Å²) in [5, 5.41) is 28.7. The molecule has 6 aromatic carbocycles. The Morgan fingerprint density at radius 2 is 0.597 bits per heavy atom. The summed E-state index contributed by atoms with van der Waals surface area (Å²) in [5.41, 5.74) is 26.4. The molecule has 0 fully saturated rings. The molecule has 0 amide bonds. The van der Waals surface area contributed by atoms with Crippen LogP contribution < -0.4 is 0 Å². The van der Waals surface area contributed by atoms with Crippen molar-refractivity contribution in [2.75, 3.05) is 0 Å². The molecule has 12 aromatic rings. The van der Waals surface area contributed by atoms with E-state index >= 15 is 0 Å². The normalized spacial score (nSPS) is 12.1. The van der Waals surface area contributed by atoms with E-state index in [-0.39, 0.29) is 127 Å². The molecule has 0 aliphatic rings. The van der Waals surface area contributed by atoms with Crippen LogP contribution in [0.5, 0.6) is 0 Å². The maximum atomic E-state index is 10.0. The third-order valence-corrected chi connectivity index (χ3v) is 22.5. The fourth-order valence-electron chi connectivity index (χ4n) is 12.8. The van der Waals surface area contributed by atoms with Gasteiger partial charge in [-0.25, -0.2) is 0 Å². The molecule has 15 heteroatoms. The van der Waals surface area contributed by atoms with Crippen molar-refractivity contribution in [3.63, 3.8) is 0 Å². The first-order chi connectivity index (χ1) is 53.5. The van der Waals surface area contributed by atoms with Gasteiger partial charge in [-0.3, -0.25) is 29.3 Å². The van der Waals surface area contributed by atoms with Gasteiger partial charge < -0.3 is 15.3 Å². The largest absolute Gasteiger partial charge is 0.512 e. The van der Waals surface area contributed by atoms with E-state index in [9.17, 15) is 14.4 Å². The number of ketones is 3. The zero-order valence-electron chi connectivity index (χ0n) is 75.8. The number of benzene rings is 6. The number of fused-ring (bicyclic) bond motifs is 3. The Balaban J connectivity index is 0.000000330. The number of aliphatic hydroxyl groups is 3. The Hall–Kier alpha value is -7.77. The molecule has 0 saturated heterocycles. The number of carbonyl (C=O) groups excluding carboxylic acids is 3. The molecule has 639 valence electrons. The zero-order valence-corrected chi connectivity index (χ0v) is 85.4. The summed E-state index contributed by atoms with van der Waals surface area (Å²) in [6.07, 6.45) is 3.50. The first-order valence-electron chi connectivity index (χ1n) is 39.9. The van der Waals surface area contributed by atoms with Crippen LogP contribution in [0, 0.1) is 52.8 Å². The van der Waals surface area contributed by atoms with Gasteiger partial charge in [-0.2, -0.15) is 0 Å². The summed E-state index contributed by atoms with van der Waals surface area (Å²) in [4.78, 5) is 52.3. The van der Waals surface area contributed by atoms with Gasteiger partial charge in [-0.15, -0.1) is 139 Å². The van der Waals surface area contributed by atoms with Crippen LogP contribution in [0.4, 0.5) is 0 Å². The summed E-state index contributed by atoms with van der Waals surface area (Å²) in [7, 11) is 0. The number of thiophene rings is 3. The molecule has 0 aliphatic heterocycles. The fraction of sp³-hybridized carbons (Fsp3) is 0.365. The predicted octanol–water partition coefficient (Wildman–Crippen LogP) is 29.8. The van der Waals surface area contributed by atoms with Crippen LogP contribution in [-0.4, -0.2) is 47.6 Å². The molecule has 9 nitrogen and oxygen atoms in total. The molecule has 0 unspecified atom stereocenters. The van der Waals surface area contributed by atoms with Gasteiger partial charge in [0.05, 0.1) is 17.3 Å². The second kappa shape index (κ2) is 42.8. The molecular formula is C104H124Ir3N3O6S3-3. The zero-order chi connectivity index (χ0) is 86.8. The second-order valence-corrected chi connectivity index (χ2v) is 40.3. The van der Waals surface area contributed by atoms with Crippen LogP contribution in [0.3, 0.4) is 0 Å². The predicted molar refractivity (Wildman–Crippen MR) is 499 cm³/mol. The van der Waals surface area contributed by atoms with Gasteiger partial charge in [0.2, 0.25) is 0 Å². The van der Waals surface area contributed by atoms with Crippen molar-refractivity contribution in [1.29, 1.82) is 0 Å². The minimum absolute atomic E-state index is 0. The standard InChI is InChI=1S/C32H38NS.C30H34NS.C27H28NS.3C5H8O2.3Ir/c1-20-13-22(15-24(14-20)30(2,3)4)27-12-11-21-18-28(34-29(21)33-27)23-16-25(31(5,6)7)19-26(17-23)32(8,9)10;1-18-12-22(16-23(13-18)29(4,5)6)25-11-10-21-17-26(32-28(21)31-25)27-19(2)14-24(15-20(27)3)30(7,8)9;1-17(2)19-7-9-20(10-8-19)25-16-21-11-12-24(28-26(21)29-25)22-13-18(3)14-23(15-22)27(4,5)6;3*1-4(6)3-5(2)7;;;/h11-12,14-19H,1-10H3;10-11,13-17H,1-9H3;7-12,14-17H,1-6H3;3*3,6H,1-2H3;;;/q3*-1;;;;;;. The number of carbonyl (C=O) groups is 3. The maximum absolute atomic E-state index is 10.0. The average Bonchev–Trinajstić information content (AvgIpc) is 1.65. The number of aryl methyl sites for hydroxylation is 5. The van der Waals surface area contributed by atoms with Crippen LogP contribution in [0.25, 0.3) is 95.7 Å². The summed E-state index contributed by atoms with van der Waals surface area (Å²) in [6, 6.07) is 64.6. The van der Waals surface area contributed by atoms with Gasteiger partial charge in [0.15, 0.2) is 17.3 Å². The van der Waals surface area contributed by atoms with Crippen molar-refractivity contribution in [2.24, 2.45) is 0 Å². The van der Waals surface area contributed by atoms with Gasteiger partial charge in [0.25, 0.3) is 0 Å². The first kappa shape index (κ1) is 104. The summed E-state index contributed by atoms with van der Waals surface area (Å²) < 4.78 is 0. The Morgan fingerprint density at radius 3 is 0.857 bits per heavy atom. The number of allylic oxidation sites excluding steroid dienone is 6. The molecule has 3 radical (unpaired) electrons. The molecular weight excluding hydrogens is 2060 g/mol. The average molecular weight is 2190 g/mol. The molecule has 0 spiro atoms. The van der Waals surface area contributed by atoms with Crippen LogP contribution in [0.1, 0.15) is 253 Å². The molecule has 0 atom stereocenters. The number of hydrogen-bond donors (Lipinski definition) is 3. The van der Waals surface area contributed by atoms with E-state index in [0.717, 1.165) is 65.0 Å². The van der Waals surface area contributed by atoms with E-state index in [4.69, 9.17) is 30.3 Å². The van der Waals surface area contributed by atoms with Crippen molar-refractivity contribution in [1.82, 2.24) is 15.0 Å². The van der Waals surface area contributed by atoms with Crippen LogP contribution in [-0.2, 0) is 107 Å². The smallest absolute Gasteiger partial charge is 0.155 e. The van der Waals surface area contributed by atoms with Crippen molar-refractivity contribution < 1.29 is 90.0 Å². The molecule has 6 heterocycles. The SMILES string of the molecule is CC(=O)C=C(C)O.CC(=O)C=C(C)O.CC(=O)C=C(C)O.Cc1[c-]c(-c2ccc3cc(-c4c(C)cc(C(C)(C)C)cc4C)sc3n2)cc(C(C)(C)C)c1.Cc1[c-]c(-c2ccc3cc(-c4cc(C(C)(C)C)cc(C(C)(C)C)c4)sc3n2)cc(C(C)(C)C)c1.Cc1[c-]c(-c2ccc3cc(-c4ccc(C(C)C)cc4)sc3n2)cc(C(C)(C)C)c1.[Ir].[Ir].[Ir]. The number of aromatic nitrogens is 3.